The Balaban J connectivity index is 2.03. The maximum absolute atomic E-state index is 5.98. The zero-order valence-corrected chi connectivity index (χ0v) is 12.1. The molecule has 3 N–H and O–H groups in total. The zero-order chi connectivity index (χ0) is 13.0. The van der Waals surface area contributed by atoms with Crippen LogP contribution in [-0.2, 0) is 4.74 Å². The van der Waals surface area contributed by atoms with E-state index in [1.54, 1.807) is 11.3 Å². The summed E-state index contributed by atoms with van der Waals surface area (Å²) in [6, 6.07) is 3.93. The number of halogens is 1. The molecule has 0 spiro atoms. The van der Waals surface area contributed by atoms with Crippen molar-refractivity contribution in [1.29, 1.82) is 0 Å². The van der Waals surface area contributed by atoms with E-state index in [0.29, 0.717) is 0 Å². The molecule has 0 saturated carbocycles. The summed E-state index contributed by atoms with van der Waals surface area (Å²) in [6.07, 6.45) is 1.25. The van der Waals surface area contributed by atoms with Crippen LogP contribution in [0.1, 0.15) is 24.3 Å². The number of morpholine rings is 1. The fraction of sp³-hybridized carbons (Fsp3) is 0.667. The molecule has 18 heavy (non-hydrogen) atoms. The summed E-state index contributed by atoms with van der Waals surface area (Å²) in [6.45, 7) is 6.00. The van der Waals surface area contributed by atoms with Gasteiger partial charge in [-0.1, -0.05) is 18.5 Å². The number of ether oxygens (including phenoxy) is 1. The lowest BCUT2D eigenvalue weighted by Crippen LogP contribution is -2.49. The van der Waals surface area contributed by atoms with Crippen molar-refractivity contribution in [2.45, 2.75) is 25.5 Å². The molecule has 1 aliphatic rings. The molecule has 1 fully saturated rings. The molecule has 1 saturated heterocycles. The van der Waals surface area contributed by atoms with Gasteiger partial charge in [-0.3, -0.25) is 10.7 Å². The number of hydrogen-bond donors (Lipinski definition) is 2. The van der Waals surface area contributed by atoms with Gasteiger partial charge in [-0.25, -0.2) is 5.43 Å². The van der Waals surface area contributed by atoms with E-state index in [2.05, 4.69) is 17.2 Å². The smallest absolute Gasteiger partial charge is 0.0931 e. The van der Waals surface area contributed by atoms with Crippen LogP contribution in [0.2, 0.25) is 4.34 Å². The van der Waals surface area contributed by atoms with E-state index in [4.69, 9.17) is 22.2 Å². The lowest BCUT2D eigenvalue weighted by molar-refractivity contribution is -0.0465. The topological polar surface area (TPSA) is 50.5 Å². The summed E-state index contributed by atoms with van der Waals surface area (Å²) < 4.78 is 6.63. The Labute approximate surface area is 117 Å². The van der Waals surface area contributed by atoms with Crippen LogP contribution >= 0.6 is 22.9 Å². The second kappa shape index (κ2) is 6.84. The maximum atomic E-state index is 5.98. The highest BCUT2D eigenvalue weighted by Gasteiger charge is 2.29. The second-order valence-electron chi connectivity index (χ2n) is 4.50. The molecule has 102 valence electrons. The third-order valence-corrected chi connectivity index (χ3v) is 4.48. The van der Waals surface area contributed by atoms with Crippen LogP contribution in [0.25, 0.3) is 0 Å². The van der Waals surface area contributed by atoms with Crippen molar-refractivity contribution in [2.24, 2.45) is 5.84 Å². The van der Waals surface area contributed by atoms with Crippen molar-refractivity contribution >= 4 is 22.9 Å². The molecule has 1 aromatic rings. The Morgan fingerprint density at radius 2 is 2.50 bits per heavy atom. The summed E-state index contributed by atoms with van der Waals surface area (Å²) in [5.41, 5.74) is 2.86. The van der Waals surface area contributed by atoms with Gasteiger partial charge in [0.2, 0.25) is 0 Å². The van der Waals surface area contributed by atoms with Crippen LogP contribution in [0.15, 0.2) is 12.1 Å². The van der Waals surface area contributed by atoms with Gasteiger partial charge < -0.3 is 4.74 Å². The fourth-order valence-electron chi connectivity index (χ4n) is 2.32. The van der Waals surface area contributed by atoms with Crippen LogP contribution in [0.3, 0.4) is 0 Å². The predicted molar refractivity (Wildman–Crippen MR) is 75.9 cm³/mol. The normalized spacial score (nSPS) is 23.2. The highest BCUT2D eigenvalue weighted by Crippen LogP contribution is 2.30. The molecule has 2 unspecified atom stereocenters. The zero-order valence-electron chi connectivity index (χ0n) is 10.6. The molecule has 2 rings (SSSR count). The Kier molecular flexibility index (Phi) is 5.41. The van der Waals surface area contributed by atoms with Gasteiger partial charge in [0.25, 0.3) is 0 Å². The Bertz CT molecular complexity index is 372. The van der Waals surface area contributed by atoms with Crippen LogP contribution < -0.4 is 11.3 Å². The molecular weight excluding hydrogens is 270 g/mol. The molecule has 0 amide bonds. The van der Waals surface area contributed by atoms with Gasteiger partial charge in [-0.05, 0) is 25.1 Å². The average Bonchev–Trinajstić information content (AvgIpc) is 2.78. The van der Waals surface area contributed by atoms with Gasteiger partial charge >= 0.3 is 0 Å². The molecule has 0 radical (unpaired) electrons. The first-order chi connectivity index (χ1) is 8.74. The molecular formula is C12H20ClN3OS. The van der Waals surface area contributed by atoms with Crippen LogP contribution in [-0.4, -0.2) is 37.2 Å². The van der Waals surface area contributed by atoms with Crippen molar-refractivity contribution in [2.75, 3.05) is 26.2 Å². The van der Waals surface area contributed by atoms with Gasteiger partial charge in [0, 0.05) is 18.0 Å². The number of rotatable bonds is 5. The van der Waals surface area contributed by atoms with E-state index in [1.807, 2.05) is 12.1 Å². The highest BCUT2D eigenvalue weighted by atomic mass is 35.5. The van der Waals surface area contributed by atoms with Gasteiger partial charge in [0.05, 0.1) is 23.1 Å². The Morgan fingerprint density at radius 1 is 1.67 bits per heavy atom. The number of hydrazine groups is 1. The van der Waals surface area contributed by atoms with Crippen LogP contribution in [0, 0.1) is 0 Å². The van der Waals surface area contributed by atoms with Crippen molar-refractivity contribution in [1.82, 2.24) is 10.3 Å². The van der Waals surface area contributed by atoms with Crippen LogP contribution in [0.4, 0.5) is 0 Å². The van der Waals surface area contributed by atoms with Crippen molar-refractivity contribution < 1.29 is 4.74 Å². The quantitative estimate of drug-likeness (QED) is 0.643. The van der Waals surface area contributed by atoms with Crippen LogP contribution in [0.5, 0.6) is 0 Å². The van der Waals surface area contributed by atoms with Crippen molar-refractivity contribution in [3.05, 3.63) is 21.3 Å². The number of nitrogens with two attached hydrogens (primary N) is 1. The highest BCUT2D eigenvalue weighted by molar-refractivity contribution is 7.16. The summed E-state index contributed by atoms with van der Waals surface area (Å²) >= 11 is 7.53. The van der Waals surface area contributed by atoms with E-state index in [-0.39, 0.29) is 12.1 Å². The minimum atomic E-state index is 0.0159. The minimum Gasteiger partial charge on any atom is -0.373 e. The Hall–Kier alpha value is -0.170. The lowest BCUT2D eigenvalue weighted by Gasteiger charge is -2.36. The van der Waals surface area contributed by atoms with E-state index < -0.39 is 0 Å². The minimum absolute atomic E-state index is 0.0159. The summed E-state index contributed by atoms with van der Waals surface area (Å²) in [7, 11) is 0. The lowest BCUT2D eigenvalue weighted by atomic mass is 10.1. The van der Waals surface area contributed by atoms with Gasteiger partial charge in [-0.15, -0.1) is 11.3 Å². The largest absolute Gasteiger partial charge is 0.373 e. The monoisotopic (exact) mass is 289 g/mol. The number of hydrogen-bond acceptors (Lipinski definition) is 5. The molecule has 2 heterocycles. The summed E-state index contributed by atoms with van der Waals surface area (Å²) in [5.74, 6) is 5.68. The van der Waals surface area contributed by atoms with E-state index in [1.165, 1.54) is 0 Å². The molecule has 0 bridgehead atoms. The first-order valence-electron chi connectivity index (χ1n) is 6.30. The maximum Gasteiger partial charge on any atom is 0.0931 e. The third kappa shape index (κ3) is 3.44. The average molecular weight is 290 g/mol. The first-order valence-corrected chi connectivity index (χ1v) is 7.49. The molecule has 1 aromatic heterocycles. The first kappa shape index (κ1) is 14.2. The standard InChI is InChI=1S/C12H20ClN3OS/c1-2-5-16-6-7-17-9(8-16)12(15-14)10-3-4-11(13)18-10/h3-4,9,12,15H,2,5-8,14H2,1H3. The van der Waals surface area contributed by atoms with Crippen molar-refractivity contribution in [3.63, 3.8) is 0 Å². The molecule has 0 aliphatic carbocycles. The predicted octanol–water partition coefficient (Wildman–Crippen LogP) is 2.02. The molecule has 4 nitrogen and oxygen atoms in total. The van der Waals surface area contributed by atoms with E-state index in [9.17, 15) is 0 Å². The number of nitrogens with zero attached hydrogens (tertiary/aromatic N) is 1. The number of nitrogens with one attached hydrogen (secondary N) is 1. The third-order valence-electron chi connectivity index (χ3n) is 3.17. The van der Waals surface area contributed by atoms with E-state index in [0.717, 1.165) is 41.9 Å². The van der Waals surface area contributed by atoms with Crippen molar-refractivity contribution in [3.8, 4) is 0 Å². The van der Waals surface area contributed by atoms with Gasteiger partial charge in [0.1, 0.15) is 0 Å². The summed E-state index contributed by atoms with van der Waals surface area (Å²) in [5, 5.41) is 0. The molecule has 1 aliphatic heterocycles. The molecule has 6 heteroatoms. The summed E-state index contributed by atoms with van der Waals surface area (Å²) in [4.78, 5) is 3.55. The Morgan fingerprint density at radius 3 is 3.11 bits per heavy atom. The SMILES string of the molecule is CCCN1CCOC(C(NN)c2ccc(Cl)s2)C1. The molecule has 2 atom stereocenters. The van der Waals surface area contributed by atoms with Gasteiger partial charge in [0.15, 0.2) is 0 Å². The number of thiophene rings is 1. The van der Waals surface area contributed by atoms with Gasteiger partial charge in [-0.2, -0.15) is 0 Å². The second-order valence-corrected chi connectivity index (χ2v) is 6.24. The fourth-order valence-corrected chi connectivity index (χ4v) is 3.50. The molecule has 0 aromatic carbocycles. The van der Waals surface area contributed by atoms with E-state index >= 15 is 0 Å².